The van der Waals surface area contributed by atoms with Crippen molar-refractivity contribution in [2.45, 2.75) is 39.2 Å². The highest BCUT2D eigenvalue weighted by Crippen LogP contribution is 2.30. The van der Waals surface area contributed by atoms with E-state index in [-0.39, 0.29) is 11.8 Å². The number of para-hydroxylation sites is 1. The molecule has 0 saturated carbocycles. The van der Waals surface area contributed by atoms with Gasteiger partial charge in [-0.05, 0) is 55.2 Å². The van der Waals surface area contributed by atoms with E-state index in [0.29, 0.717) is 31.1 Å². The van der Waals surface area contributed by atoms with Crippen molar-refractivity contribution in [3.05, 3.63) is 54.6 Å². The third-order valence-electron chi connectivity index (χ3n) is 4.63. The summed E-state index contributed by atoms with van der Waals surface area (Å²) < 4.78 is 5.79. The van der Waals surface area contributed by atoms with Crippen molar-refractivity contribution >= 4 is 17.5 Å². The Bertz CT molecular complexity index is 772. The van der Waals surface area contributed by atoms with Gasteiger partial charge in [-0.2, -0.15) is 0 Å². The minimum absolute atomic E-state index is 0.0178. The first kappa shape index (κ1) is 19.0. The number of anilines is 1. The first-order chi connectivity index (χ1) is 13.0. The van der Waals surface area contributed by atoms with E-state index in [1.54, 1.807) is 4.90 Å². The lowest BCUT2D eigenvalue weighted by atomic mass is 10.1. The predicted octanol–water partition coefficient (Wildman–Crippen LogP) is 4.14. The third-order valence-corrected chi connectivity index (χ3v) is 4.63. The lowest BCUT2D eigenvalue weighted by molar-refractivity contribution is -0.123. The Morgan fingerprint density at radius 3 is 2.44 bits per heavy atom. The monoisotopic (exact) mass is 366 g/mol. The molecule has 0 aromatic heterocycles. The fourth-order valence-electron chi connectivity index (χ4n) is 3.16. The summed E-state index contributed by atoms with van der Waals surface area (Å²) >= 11 is 0. The minimum atomic E-state index is -0.439. The summed E-state index contributed by atoms with van der Waals surface area (Å²) in [5.41, 5.74) is 0.724. The zero-order valence-corrected chi connectivity index (χ0v) is 15.9. The van der Waals surface area contributed by atoms with E-state index in [2.05, 4.69) is 19.2 Å². The molecule has 2 aromatic rings. The Balaban J connectivity index is 1.67. The minimum Gasteiger partial charge on any atom is -0.457 e. The second-order valence-corrected chi connectivity index (χ2v) is 7.20. The molecule has 0 radical (unpaired) electrons. The molecular formula is C22H26N2O3. The normalized spacial score (nSPS) is 16.6. The first-order valence-electron chi connectivity index (χ1n) is 9.47. The van der Waals surface area contributed by atoms with E-state index in [4.69, 9.17) is 4.74 Å². The Morgan fingerprint density at radius 2 is 1.78 bits per heavy atom. The van der Waals surface area contributed by atoms with Gasteiger partial charge in [-0.15, -0.1) is 0 Å². The summed E-state index contributed by atoms with van der Waals surface area (Å²) in [5.74, 6) is 1.88. The van der Waals surface area contributed by atoms with Crippen LogP contribution >= 0.6 is 0 Å². The number of carbonyl (C=O) groups excluding carboxylic acids is 2. The first-order valence-corrected chi connectivity index (χ1v) is 9.47. The van der Waals surface area contributed by atoms with E-state index in [0.717, 1.165) is 17.9 Å². The van der Waals surface area contributed by atoms with Crippen molar-refractivity contribution in [3.8, 4) is 11.5 Å². The largest absolute Gasteiger partial charge is 0.457 e. The highest BCUT2D eigenvalue weighted by Gasteiger charge is 2.36. The van der Waals surface area contributed by atoms with Crippen LogP contribution in [-0.2, 0) is 9.59 Å². The summed E-state index contributed by atoms with van der Waals surface area (Å²) in [6, 6.07) is 16.4. The summed E-state index contributed by atoms with van der Waals surface area (Å²) in [6.07, 6.45) is 1.87. The van der Waals surface area contributed by atoms with Gasteiger partial charge in [0.15, 0.2) is 0 Å². The van der Waals surface area contributed by atoms with Crippen LogP contribution < -0.4 is 15.0 Å². The summed E-state index contributed by atoms with van der Waals surface area (Å²) in [4.78, 5) is 26.5. The Kier molecular flexibility index (Phi) is 6.12. The molecule has 3 rings (SSSR count). The molecule has 0 aliphatic carbocycles. The zero-order valence-electron chi connectivity index (χ0n) is 15.9. The number of nitrogens with zero attached hydrogens (tertiary/aromatic N) is 1. The van der Waals surface area contributed by atoms with Gasteiger partial charge in [0.2, 0.25) is 11.8 Å². The maximum Gasteiger partial charge on any atom is 0.243 e. The standard InChI is InChI=1S/C22H26N2O3/c1-16(2)14-15-23-22(26)20-12-13-21(25)24(20)17-8-10-19(11-9-17)27-18-6-4-3-5-7-18/h3-11,16,20H,12-15H2,1-2H3,(H,23,26). The number of carbonyl (C=O) groups is 2. The third kappa shape index (κ3) is 4.88. The van der Waals surface area contributed by atoms with Gasteiger partial charge in [0.05, 0.1) is 0 Å². The number of ether oxygens (including phenoxy) is 1. The van der Waals surface area contributed by atoms with Crippen LogP contribution in [0.3, 0.4) is 0 Å². The molecule has 142 valence electrons. The maximum atomic E-state index is 12.5. The Hall–Kier alpha value is -2.82. The van der Waals surface area contributed by atoms with E-state index in [1.165, 1.54) is 0 Å². The Labute approximate surface area is 160 Å². The second-order valence-electron chi connectivity index (χ2n) is 7.20. The topological polar surface area (TPSA) is 58.6 Å². The molecule has 0 bridgehead atoms. The van der Waals surface area contributed by atoms with Crippen molar-refractivity contribution in [1.82, 2.24) is 5.32 Å². The fourth-order valence-corrected chi connectivity index (χ4v) is 3.16. The van der Waals surface area contributed by atoms with Crippen molar-refractivity contribution in [3.63, 3.8) is 0 Å². The van der Waals surface area contributed by atoms with Gasteiger partial charge in [0.1, 0.15) is 17.5 Å². The molecule has 0 spiro atoms. The molecule has 27 heavy (non-hydrogen) atoms. The fraction of sp³-hybridized carbons (Fsp3) is 0.364. The quantitative estimate of drug-likeness (QED) is 0.801. The van der Waals surface area contributed by atoms with Gasteiger partial charge >= 0.3 is 0 Å². The molecule has 5 nitrogen and oxygen atoms in total. The number of amides is 2. The molecule has 1 unspecified atom stereocenters. The molecule has 1 fully saturated rings. The molecule has 5 heteroatoms. The average molecular weight is 366 g/mol. The van der Waals surface area contributed by atoms with Crippen molar-refractivity contribution in [2.75, 3.05) is 11.4 Å². The molecule has 1 saturated heterocycles. The lowest BCUT2D eigenvalue weighted by Crippen LogP contribution is -2.45. The SMILES string of the molecule is CC(C)CCNC(=O)C1CCC(=O)N1c1ccc(Oc2ccccc2)cc1. The van der Waals surface area contributed by atoms with Crippen LogP contribution in [0.5, 0.6) is 11.5 Å². The maximum absolute atomic E-state index is 12.5. The molecule has 1 aliphatic rings. The number of benzene rings is 2. The summed E-state index contributed by atoms with van der Waals surface area (Å²) in [6.45, 7) is 4.88. The van der Waals surface area contributed by atoms with Crippen LogP contribution in [0.1, 0.15) is 33.1 Å². The molecular weight excluding hydrogens is 340 g/mol. The van der Waals surface area contributed by atoms with Crippen LogP contribution in [0, 0.1) is 5.92 Å². The highest BCUT2D eigenvalue weighted by atomic mass is 16.5. The van der Waals surface area contributed by atoms with Crippen LogP contribution in [0.25, 0.3) is 0 Å². The van der Waals surface area contributed by atoms with Gasteiger partial charge in [0, 0.05) is 18.7 Å². The molecule has 2 amide bonds. The molecule has 1 atom stereocenters. The van der Waals surface area contributed by atoms with E-state index in [1.807, 2.05) is 54.6 Å². The number of hydrogen-bond donors (Lipinski definition) is 1. The van der Waals surface area contributed by atoms with Crippen molar-refractivity contribution < 1.29 is 14.3 Å². The van der Waals surface area contributed by atoms with Crippen molar-refractivity contribution in [2.24, 2.45) is 5.92 Å². The van der Waals surface area contributed by atoms with Gasteiger partial charge < -0.3 is 10.1 Å². The average Bonchev–Trinajstić information content (AvgIpc) is 3.04. The molecule has 1 aliphatic heterocycles. The lowest BCUT2D eigenvalue weighted by Gasteiger charge is -2.24. The Morgan fingerprint density at radius 1 is 1.11 bits per heavy atom. The van der Waals surface area contributed by atoms with Gasteiger partial charge in [0.25, 0.3) is 0 Å². The van der Waals surface area contributed by atoms with Crippen LogP contribution in [-0.4, -0.2) is 24.4 Å². The predicted molar refractivity (Wildman–Crippen MR) is 106 cm³/mol. The smallest absolute Gasteiger partial charge is 0.243 e. The van der Waals surface area contributed by atoms with Gasteiger partial charge in [-0.1, -0.05) is 32.0 Å². The van der Waals surface area contributed by atoms with Gasteiger partial charge in [-0.25, -0.2) is 0 Å². The highest BCUT2D eigenvalue weighted by molar-refractivity contribution is 6.03. The molecule has 1 heterocycles. The number of hydrogen-bond acceptors (Lipinski definition) is 3. The van der Waals surface area contributed by atoms with E-state index < -0.39 is 6.04 Å². The number of rotatable bonds is 7. The molecule has 1 N–H and O–H groups in total. The molecule has 2 aromatic carbocycles. The summed E-state index contributed by atoms with van der Waals surface area (Å²) in [5, 5.41) is 2.96. The van der Waals surface area contributed by atoms with Crippen molar-refractivity contribution in [1.29, 1.82) is 0 Å². The van der Waals surface area contributed by atoms with Gasteiger partial charge in [-0.3, -0.25) is 14.5 Å². The zero-order chi connectivity index (χ0) is 19.2. The van der Waals surface area contributed by atoms with Crippen LogP contribution in [0.15, 0.2) is 54.6 Å². The van der Waals surface area contributed by atoms with Crippen LogP contribution in [0.2, 0.25) is 0 Å². The van der Waals surface area contributed by atoms with Crippen LogP contribution in [0.4, 0.5) is 5.69 Å². The van der Waals surface area contributed by atoms with E-state index >= 15 is 0 Å². The summed E-state index contributed by atoms with van der Waals surface area (Å²) in [7, 11) is 0. The van der Waals surface area contributed by atoms with E-state index in [9.17, 15) is 9.59 Å². The second kappa shape index (κ2) is 8.71. The number of nitrogens with one attached hydrogen (secondary N) is 1.